The van der Waals surface area contributed by atoms with Gasteiger partial charge < -0.3 is 10.6 Å². The minimum absolute atomic E-state index is 0.0826. The highest BCUT2D eigenvalue weighted by Crippen LogP contribution is 2.20. The van der Waals surface area contributed by atoms with Gasteiger partial charge in [0, 0.05) is 23.0 Å². The summed E-state index contributed by atoms with van der Waals surface area (Å²) in [7, 11) is 0. The second-order valence-electron chi connectivity index (χ2n) is 6.12. The van der Waals surface area contributed by atoms with Gasteiger partial charge in [-0.05, 0) is 49.2 Å². The van der Waals surface area contributed by atoms with Gasteiger partial charge >= 0.3 is 0 Å². The zero-order valence-electron chi connectivity index (χ0n) is 15.2. The van der Waals surface area contributed by atoms with Crippen molar-refractivity contribution in [2.75, 3.05) is 5.75 Å². The van der Waals surface area contributed by atoms with Crippen LogP contribution in [0.25, 0.3) is 0 Å². The van der Waals surface area contributed by atoms with E-state index < -0.39 is 11.6 Å². The summed E-state index contributed by atoms with van der Waals surface area (Å²) < 4.78 is 26.0. The topological polar surface area (TPSA) is 58.2 Å². The predicted molar refractivity (Wildman–Crippen MR) is 103 cm³/mol. The third kappa shape index (κ3) is 6.67. The Hall–Kier alpha value is -2.41. The third-order valence-corrected chi connectivity index (χ3v) is 4.92. The maximum atomic E-state index is 13.2. The average Bonchev–Trinajstić information content (AvgIpc) is 2.67. The number of carbonyl (C=O) groups excluding carboxylic acids is 2. The highest BCUT2D eigenvalue weighted by atomic mass is 32.2. The highest BCUT2D eigenvalue weighted by molar-refractivity contribution is 8.00. The molecule has 1 atom stereocenters. The molecule has 1 unspecified atom stereocenters. The monoisotopic (exact) mass is 392 g/mol. The Balaban J connectivity index is 1.85. The summed E-state index contributed by atoms with van der Waals surface area (Å²) in [6.45, 7) is 4.21. The summed E-state index contributed by atoms with van der Waals surface area (Å²) in [5.41, 5.74) is 1.34. The minimum Gasteiger partial charge on any atom is -0.351 e. The second-order valence-corrected chi connectivity index (χ2v) is 7.17. The Morgan fingerprint density at radius 3 is 2.59 bits per heavy atom. The SMILES string of the molecule is CCC(C)NC(=O)c1cccc(CNC(=O)CSc2ccc(F)c(F)c2)c1. The first-order chi connectivity index (χ1) is 12.9. The lowest BCUT2D eigenvalue weighted by atomic mass is 10.1. The second kappa shape index (κ2) is 10.1. The van der Waals surface area contributed by atoms with Crippen LogP contribution in [0, 0.1) is 11.6 Å². The molecule has 2 amide bonds. The standard InChI is InChI=1S/C20H22F2N2O2S/c1-3-13(2)24-20(26)15-6-4-5-14(9-15)11-23-19(25)12-27-16-7-8-17(21)18(22)10-16/h4-10,13H,3,11-12H2,1-2H3,(H,23,25)(H,24,26). The molecule has 2 aromatic rings. The van der Waals surface area contributed by atoms with Crippen molar-refractivity contribution in [2.24, 2.45) is 0 Å². The van der Waals surface area contributed by atoms with Crippen molar-refractivity contribution in [3.63, 3.8) is 0 Å². The van der Waals surface area contributed by atoms with E-state index in [4.69, 9.17) is 0 Å². The van der Waals surface area contributed by atoms with Gasteiger partial charge in [-0.3, -0.25) is 9.59 Å². The van der Waals surface area contributed by atoms with E-state index in [-0.39, 0.29) is 30.2 Å². The van der Waals surface area contributed by atoms with Crippen LogP contribution < -0.4 is 10.6 Å². The molecule has 0 fully saturated rings. The molecule has 0 aromatic heterocycles. The number of hydrogen-bond donors (Lipinski definition) is 2. The maximum Gasteiger partial charge on any atom is 0.251 e. The van der Waals surface area contributed by atoms with E-state index in [2.05, 4.69) is 10.6 Å². The molecule has 0 heterocycles. The van der Waals surface area contributed by atoms with Crippen molar-refractivity contribution in [3.8, 4) is 0 Å². The minimum atomic E-state index is -0.937. The number of rotatable bonds is 8. The number of carbonyl (C=O) groups is 2. The van der Waals surface area contributed by atoms with Gasteiger partial charge in [0.15, 0.2) is 11.6 Å². The highest BCUT2D eigenvalue weighted by Gasteiger charge is 2.10. The molecule has 2 N–H and O–H groups in total. The van der Waals surface area contributed by atoms with Crippen LogP contribution in [0.5, 0.6) is 0 Å². The zero-order chi connectivity index (χ0) is 19.8. The van der Waals surface area contributed by atoms with Gasteiger partial charge in [-0.25, -0.2) is 8.78 Å². The van der Waals surface area contributed by atoms with E-state index in [0.29, 0.717) is 10.5 Å². The lowest BCUT2D eigenvalue weighted by Crippen LogP contribution is -2.32. The van der Waals surface area contributed by atoms with E-state index in [1.165, 1.54) is 6.07 Å². The molecule has 27 heavy (non-hydrogen) atoms. The quantitative estimate of drug-likeness (QED) is 0.670. The van der Waals surface area contributed by atoms with Crippen molar-refractivity contribution < 1.29 is 18.4 Å². The predicted octanol–water partition coefficient (Wildman–Crippen LogP) is 3.90. The van der Waals surface area contributed by atoms with E-state index in [1.807, 2.05) is 19.9 Å². The summed E-state index contributed by atoms with van der Waals surface area (Å²) in [4.78, 5) is 24.6. The van der Waals surface area contributed by atoms with Crippen LogP contribution in [-0.2, 0) is 11.3 Å². The molecule has 2 rings (SSSR count). The molecule has 0 aliphatic carbocycles. The molecule has 0 aliphatic rings. The maximum absolute atomic E-state index is 13.2. The first-order valence-electron chi connectivity index (χ1n) is 8.63. The number of amides is 2. The van der Waals surface area contributed by atoms with Crippen LogP contribution in [-0.4, -0.2) is 23.6 Å². The van der Waals surface area contributed by atoms with Crippen LogP contribution in [0.15, 0.2) is 47.4 Å². The first kappa shape index (κ1) is 20.9. The van der Waals surface area contributed by atoms with Crippen LogP contribution in [0.2, 0.25) is 0 Å². The molecule has 0 saturated heterocycles. The van der Waals surface area contributed by atoms with E-state index in [9.17, 15) is 18.4 Å². The van der Waals surface area contributed by atoms with Gasteiger partial charge in [-0.1, -0.05) is 19.1 Å². The summed E-state index contributed by atoms with van der Waals surface area (Å²) in [5.74, 6) is -2.15. The number of hydrogen-bond acceptors (Lipinski definition) is 3. The number of nitrogens with one attached hydrogen (secondary N) is 2. The summed E-state index contributed by atoms with van der Waals surface area (Å²) in [6.07, 6.45) is 0.844. The van der Waals surface area contributed by atoms with Crippen LogP contribution in [0.1, 0.15) is 36.2 Å². The summed E-state index contributed by atoms with van der Waals surface area (Å²) >= 11 is 1.12. The molecule has 4 nitrogen and oxygen atoms in total. The van der Waals surface area contributed by atoms with Gasteiger partial charge in [0.25, 0.3) is 5.91 Å². The lowest BCUT2D eigenvalue weighted by Gasteiger charge is -2.12. The molecule has 0 aliphatic heterocycles. The number of halogens is 2. The fourth-order valence-electron chi connectivity index (χ4n) is 2.20. The Kier molecular flexibility index (Phi) is 7.79. The average molecular weight is 392 g/mol. The van der Waals surface area contributed by atoms with Crippen molar-refractivity contribution in [1.82, 2.24) is 10.6 Å². The first-order valence-corrected chi connectivity index (χ1v) is 9.62. The molecule has 0 bridgehead atoms. The van der Waals surface area contributed by atoms with E-state index >= 15 is 0 Å². The Morgan fingerprint density at radius 2 is 1.89 bits per heavy atom. The smallest absolute Gasteiger partial charge is 0.251 e. The molecule has 0 saturated carbocycles. The fraction of sp³-hybridized carbons (Fsp3) is 0.300. The zero-order valence-corrected chi connectivity index (χ0v) is 16.0. The summed E-state index contributed by atoms with van der Waals surface area (Å²) in [5, 5.41) is 5.65. The molecule has 0 radical (unpaired) electrons. The van der Waals surface area contributed by atoms with Crippen molar-refractivity contribution in [1.29, 1.82) is 0 Å². The molecule has 144 valence electrons. The van der Waals surface area contributed by atoms with Gasteiger partial charge in [0.2, 0.25) is 5.91 Å². The molecule has 2 aromatic carbocycles. The summed E-state index contributed by atoms with van der Waals surface area (Å²) in [6, 6.07) is 10.7. The molecule has 7 heteroatoms. The number of benzene rings is 2. The van der Waals surface area contributed by atoms with Crippen molar-refractivity contribution >= 4 is 23.6 Å². The third-order valence-electron chi connectivity index (χ3n) is 3.93. The number of thioether (sulfide) groups is 1. The molecular formula is C20H22F2N2O2S. The van der Waals surface area contributed by atoms with E-state index in [1.54, 1.807) is 18.2 Å². The van der Waals surface area contributed by atoms with Gasteiger partial charge in [0.1, 0.15) is 0 Å². The lowest BCUT2D eigenvalue weighted by molar-refractivity contribution is -0.118. The molecular weight excluding hydrogens is 370 g/mol. The van der Waals surface area contributed by atoms with E-state index in [0.717, 1.165) is 35.9 Å². The van der Waals surface area contributed by atoms with Crippen molar-refractivity contribution in [2.45, 2.75) is 37.8 Å². The van der Waals surface area contributed by atoms with Gasteiger partial charge in [-0.15, -0.1) is 11.8 Å². The van der Waals surface area contributed by atoms with Crippen LogP contribution in [0.4, 0.5) is 8.78 Å². The van der Waals surface area contributed by atoms with Gasteiger partial charge in [0.05, 0.1) is 5.75 Å². The van der Waals surface area contributed by atoms with Crippen LogP contribution >= 0.6 is 11.8 Å². The normalized spacial score (nSPS) is 11.7. The van der Waals surface area contributed by atoms with Crippen LogP contribution in [0.3, 0.4) is 0 Å². The Morgan fingerprint density at radius 1 is 1.11 bits per heavy atom. The fourth-order valence-corrected chi connectivity index (χ4v) is 2.95. The van der Waals surface area contributed by atoms with Gasteiger partial charge in [-0.2, -0.15) is 0 Å². The largest absolute Gasteiger partial charge is 0.351 e. The Labute approximate surface area is 161 Å². The molecule has 0 spiro atoms. The Bertz CT molecular complexity index is 814. The van der Waals surface area contributed by atoms with Crippen molar-refractivity contribution in [3.05, 3.63) is 65.2 Å².